The molecule has 0 saturated heterocycles. The Balaban J connectivity index is 1.69. The van der Waals surface area contributed by atoms with Crippen molar-refractivity contribution >= 4 is 27.8 Å². The van der Waals surface area contributed by atoms with Crippen LogP contribution in [0.5, 0.6) is 0 Å². The third-order valence-corrected chi connectivity index (χ3v) is 4.64. The second-order valence-corrected chi connectivity index (χ2v) is 6.16. The van der Waals surface area contributed by atoms with Gasteiger partial charge in [-0.25, -0.2) is 4.98 Å². The summed E-state index contributed by atoms with van der Waals surface area (Å²) in [5.74, 6) is 0.249. The number of ketones is 1. The summed E-state index contributed by atoms with van der Waals surface area (Å²) in [6.45, 7) is 1.65. The van der Waals surface area contributed by atoms with Gasteiger partial charge in [0, 0.05) is 42.0 Å². The number of anilines is 1. The number of hydrogen-bond acceptors (Lipinski definition) is 4. The van der Waals surface area contributed by atoms with Gasteiger partial charge in [-0.15, -0.1) is 11.3 Å². The second-order valence-electron chi connectivity index (χ2n) is 5.29. The first-order valence-electron chi connectivity index (χ1n) is 7.09. The quantitative estimate of drug-likeness (QED) is 0.728. The highest BCUT2D eigenvalue weighted by molar-refractivity contribution is 7.15. The normalized spacial score (nSPS) is 15.2. The van der Waals surface area contributed by atoms with E-state index in [1.54, 1.807) is 11.3 Å². The van der Waals surface area contributed by atoms with Crippen LogP contribution in [0.2, 0.25) is 0 Å². The van der Waals surface area contributed by atoms with E-state index in [1.807, 2.05) is 35.8 Å². The van der Waals surface area contributed by atoms with E-state index in [0.29, 0.717) is 6.42 Å². The maximum absolute atomic E-state index is 12.2. The number of Topliss-reactive ketones (excluding diaryl/α,β-unsaturated/α-hetero) is 1. The summed E-state index contributed by atoms with van der Waals surface area (Å²) < 4.78 is 2.05. The number of fused-ring (bicyclic) bond motifs is 2. The molecular formula is C16H15N3OS. The Bertz CT molecular complexity index is 776. The van der Waals surface area contributed by atoms with E-state index < -0.39 is 0 Å². The number of carbonyl (C=O) groups is 1. The van der Waals surface area contributed by atoms with Crippen molar-refractivity contribution < 1.29 is 4.79 Å². The summed E-state index contributed by atoms with van der Waals surface area (Å²) in [6, 6.07) is 7.90. The van der Waals surface area contributed by atoms with Gasteiger partial charge in [0.1, 0.15) is 0 Å². The summed E-state index contributed by atoms with van der Waals surface area (Å²) in [5, 5.41) is 2.03. The molecule has 4 nitrogen and oxygen atoms in total. The lowest BCUT2D eigenvalue weighted by Crippen LogP contribution is -2.23. The molecule has 3 aromatic rings. The zero-order valence-electron chi connectivity index (χ0n) is 11.5. The van der Waals surface area contributed by atoms with E-state index in [4.69, 9.17) is 0 Å². The average molecular weight is 297 g/mol. The number of benzene rings is 1. The fourth-order valence-corrected chi connectivity index (χ4v) is 3.60. The Hall–Kier alpha value is -2.14. The lowest BCUT2D eigenvalue weighted by Gasteiger charge is -2.23. The highest BCUT2D eigenvalue weighted by atomic mass is 32.1. The van der Waals surface area contributed by atoms with Gasteiger partial charge in [0.05, 0.1) is 12.2 Å². The molecule has 1 aromatic carbocycles. The first-order valence-corrected chi connectivity index (χ1v) is 7.97. The molecule has 0 aliphatic carbocycles. The van der Waals surface area contributed by atoms with Gasteiger partial charge in [-0.1, -0.05) is 12.1 Å². The third kappa shape index (κ3) is 2.23. The zero-order chi connectivity index (χ0) is 14.2. The van der Waals surface area contributed by atoms with Crippen molar-refractivity contribution in [3.05, 3.63) is 53.3 Å². The van der Waals surface area contributed by atoms with Crippen molar-refractivity contribution in [3.63, 3.8) is 0 Å². The molecular weight excluding hydrogens is 282 g/mol. The number of thiazole rings is 1. The van der Waals surface area contributed by atoms with E-state index in [0.717, 1.165) is 41.4 Å². The molecule has 0 unspecified atom stereocenters. The van der Waals surface area contributed by atoms with Crippen molar-refractivity contribution in [1.29, 1.82) is 0 Å². The minimum absolute atomic E-state index is 0.249. The molecule has 4 rings (SSSR count). The largest absolute Gasteiger partial charge is 0.365 e. The highest BCUT2D eigenvalue weighted by Gasteiger charge is 2.21. The maximum Gasteiger partial charge on any atom is 0.193 e. The van der Waals surface area contributed by atoms with Crippen LogP contribution in [0.3, 0.4) is 0 Å². The van der Waals surface area contributed by atoms with Gasteiger partial charge in [-0.2, -0.15) is 0 Å². The predicted molar refractivity (Wildman–Crippen MR) is 84.1 cm³/mol. The number of rotatable bonds is 2. The summed E-state index contributed by atoms with van der Waals surface area (Å²) in [6.07, 6.45) is 5.62. The van der Waals surface area contributed by atoms with Crippen molar-refractivity contribution in [2.45, 2.75) is 19.4 Å². The van der Waals surface area contributed by atoms with Crippen LogP contribution in [0.15, 0.2) is 42.0 Å². The van der Waals surface area contributed by atoms with Gasteiger partial charge >= 0.3 is 0 Å². The Morgan fingerprint density at radius 3 is 3.10 bits per heavy atom. The van der Waals surface area contributed by atoms with Crippen molar-refractivity contribution in [3.8, 4) is 0 Å². The molecule has 106 valence electrons. The zero-order valence-corrected chi connectivity index (χ0v) is 12.3. The van der Waals surface area contributed by atoms with Crippen LogP contribution < -0.4 is 4.90 Å². The summed E-state index contributed by atoms with van der Waals surface area (Å²) in [5.41, 5.74) is 2.93. The number of hydrogen-bond donors (Lipinski definition) is 0. The number of aromatic nitrogens is 2. The SMILES string of the molecule is O=C1CCCN(Cc2cn3ccsc3n2)c2ccccc21. The molecule has 5 heteroatoms. The summed E-state index contributed by atoms with van der Waals surface area (Å²) in [4.78, 5) is 20.1. The minimum atomic E-state index is 0.249. The van der Waals surface area contributed by atoms with Gasteiger partial charge in [0.2, 0.25) is 0 Å². The van der Waals surface area contributed by atoms with Gasteiger partial charge in [0.15, 0.2) is 10.7 Å². The molecule has 0 fully saturated rings. The Kier molecular flexibility index (Phi) is 3.00. The van der Waals surface area contributed by atoms with E-state index >= 15 is 0 Å². The number of nitrogens with zero attached hydrogens (tertiary/aromatic N) is 3. The van der Waals surface area contributed by atoms with Crippen LogP contribution in [0, 0.1) is 0 Å². The number of para-hydroxylation sites is 1. The first kappa shape index (κ1) is 12.6. The first-order chi connectivity index (χ1) is 10.3. The van der Waals surface area contributed by atoms with Crippen LogP contribution in [0.4, 0.5) is 5.69 Å². The monoisotopic (exact) mass is 297 g/mol. The van der Waals surface area contributed by atoms with Crippen molar-refractivity contribution in [1.82, 2.24) is 9.38 Å². The molecule has 0 radical (unpaired) electrons. The molecule has 1 aliphatic rings. The van der Waals surface area contributed by atoms with Crippen LogP contribution in [0.25, 0.3) is 4.96 Å². The molecule has 0 atom stereocenters. The average Bonchev–Trinajstić information content (AvgIpc) is 3.03. The fourth-order valence-electron chi connectivity index (χ4n) is 2.88. The molecule has 2 aromatic heterocycles. The maximum atomic E-state index is 12.2. The van der Waals surface area contributed by atoms with Gasteiger partial charge in [-0.05, 0) is 18.6 Å². The lowest BCUT2D eigenvalue weighted by atomic mass is 10.1. The fraction of sp³-hybridized carbons (Fsp3) is 0.250. The second kappa shape index (κ2) is 5.00. The van der Waals surface area contributed by atoms with E-state index in [9.17, 15) is 4.79 Å². The van der Waals surface area contributed by atoms with Crippen molar-refractivity contribution in [2.75, 3.05) is 11.4 Å². The third-order valence-electron chi connectivity index (χ3n) is 3.87. The Morgan fingerprint density at radius 2 is 2.19 bits per heavy atom. The van der Waals surface area contributed by atoms with Crippen LogP contribution in [-0.4, -0.2) is 21.7 Å². The Morgan fingerprint density at radius 1 is 1.29 bits per heavy atom. The lowest BCUT2D eigenvalue weighted by molar-refractivity contribution is 0.0984. The minimum Gasteiger partial charge on any atom is -0.365 e. The standard InChI is InChI=1S/C16H15N3OS/c20-15-6-3-7-18(14-5-2-1-4-13(14)15)10-12-11-19-8-9-21-16(19)17-12/h1-2,4-5,8-9,11H,3,6-7,10H2. The number of imidazole rings is 1. The van der Waals surface area contributed by atoms with Crippen molar-refractivity contribution in [2.24, 2.45) is 0 Å². The van der Waals surface area contributed by atoms with Gasteiger partial charge < -0.3 is 4.90 Å². The Labute approximate surface area is 126 Å². The molecule has 0 spiro atoms. The van der Waals surface area contributed by atoms with E-state index in [-0.39, 0.29) is 5.78 Å². The molecule has 21 heavy (non-hydrogen) atoms. The summed E-state index contributed by atoms with van der Waals surface area (Å²) in [7, 11) is 0. The highest BCUT2D eigenvalue weighted by Crippen LogP contribution is 2.27. The smallest absolute Gasteiger partial charge is 0.193 e. The topological polar surface area (TPSA) is 37.6 Å². The van der Waals surface area contributed by atoms with Crippen LogP contribution >= 0.6 is 11.3 Å². The number of carbonyl (C=O) groups excluding carboxylic acids is 1. The summed E-state index contributed by atoms with van der Waals surface area (Å²) >= 11 is 1.64. The van der Waals surface area contributed by atoms with E-state index in [1.165, 1.54) is 0 Å². The molecule has 1 aliphatic heterocycles. The van der Waals surface area contributed by atoms with Gasteiger partial charge in [0.25, 0.3) is 0 Å². The van der Waals surface area contributed by atoms with Gasteiger partial charge in [-0.3, -0.25) is 9.20 Å². The molecule has 3 heterocycles. The molecule has 0 N–H and O–H groups in total. The van der Waals surface area contributed by atoms with Crippen LogP contribution in [-0.2, 0) is 6.54 Å². The molecule has 0 saturated carbocycles. The predicted octanol–water partition coefficient (Wildman–Crippen LogP) is 3.38. The van der Waals surface area contributed by atoms with Crippen LogP contribution in [0.1, 0.15) is 28.9 Å². The molecule has 0 bridgehead atoms. The van der Waals surface area contributed by atoms with E-state index in [2.05, 4.69) is 20.5 Å². The molecule has 0 amide bonds.